The van der Waals surface area contributed by atoms with Gasteiger partial charge >= 0.3 is 5.97 Å². The molecule has 0 heterocycles. The van der Waals surface area contributed by atoms with Crippen LogP contribution >= 0.6 is 0 Å². The highest BCUT2D eigenvalue weighted by Crippen LogP contribution is 1.89. The number of hydrogen-bond acceptors (Lipinski definition) is 2. The van der Waals surface area contributed by atoms with Crippen molar-refractivity contribution in [2.75, 3.05) is 7.11 Å². The minimum absolute atomic E-state index is 0.201. The van der Waals surface area contributed by atoms with Gasteiger partial charge in [0.05, 0.1) is 18.9 Å². The molecule has 0 aliphatic carbocycles. The van der Waals surface area contributed by atoms with E-state index in [4.69, 9.17) is 5.11 Å². The molecule has 0 amide bonds. The molecule has 0 fully saturated rings. The minimum Gasteiger partial charge on any atom is -0.504 e. The highest BCUT2D eigenvalue weighted by molar-refractivity contribution is 5.85. The van der Waals surface area contributed by atoms with E-state index in [1.54, 1.807) is 0 Å². The lowest BCUT2D eigenvalue weighted by atomic mass is 10.4. The maximum absolute atomic E-state index is 9.94. The van der Waals surface area contributed by atoms with Crippen molar-refractivity contribution in [3.05, 3.63) is 11.8 Å². The van der Waals surface area contributed by atoms with E-state index in [9.17, 15) is 4.79 Å². The van der Waals surface area contributed by atoms with Crippen LogP contribution in [0.25, 0.3) is 0 Å². The Bertz CT molecular complexity index is 115. The van der Waals surface area contributed by atoms with E-state index in [0.717, 1.165) is 0 Å². The third kappa shape index (κ3) is 2.23. The van der Waals surface area contributed by atoms with Gasteiger partial charge in [0, 0.05) is 0 Å². The summed E-state index contributed by atoms with van der Waals surface area (Å²) in [7, 11) is 1.41. The van der Waals surface area contributed by atoms with E-state index >= 15 is 0 Å². The molecule has 3 nitrogen and oxygen atoms in total. The number of carboxylic acids is 1. The molecule has 46 valence electrons. The second-order valence-corrected chi connectivity index (χ2v) is 1.34. The molecular weight excluding hydrogens is 108 g/mol. The standard InChI is InChI=1S/C5H8O3/c1-4(3-8-2)5(6)7/h3H,1-2H3,(H,6,7)/b4-3+. The van der Waals surface area contributed by atoms with Gasteiger partial charge in [-0.15, -0.1) is 0 Å². The minimum atomic E-state index is -0.952. The molecule has 0 aromatic rings. The fourth-order valence-electron chi connectivity index (χ4n) is 0.227. The van der Waals surface area contributed by atoms with Crippen molar-refractivity contribution in [3.8, 4) is 0 Å². The zero-order valence-corrected chi connectivity index (χ0v) is 4.84. The van der Waals surface area contributed by atoms with E-state index in [2.05, 4.69) is 4.74 Å². The molecule has 0 saturated heterocycles. The van der Waals surface area contributed by atoms with Crippen LogP contribution in [0, 0.1) is 0 Å². The summed E-state index contributed by atoms with van der Waals surface area (Å²) >= 11 is 0. The monoisotopic (exact) mass is 116 g/mol. The van der Waals surface area contributed by atoms with Crippen LogP contribution in [0.15, 0.2) is 11.8 Å². The van der Waals surface area contributed by atoms with E-state index in [1.807, 2.05) is 0 Å². The molecule has 0 saturated carbocycles. The SMILES string of the molecule is CO/C=C(\C)C(=O)O. The Morgan fingerprint density at radius 1 is 1.75 bits per heavy atom. The lowest BCUT2D eigenvalue weighted by molar-refractivity contribution is -0.132. The number of carbonyl (C=O) groups is 1. The van der Waals surface area contributed by atoms with Gasteiger partial charge in [-0.25, -0.2) is 4.79 Å². The van der Waals surface area contributed by atoms with Crippen molar-refractivity contribution >= 4 is 5.97 Å². The summed E-state index contributed by atoms with van der Waals surface area (Å²) in [6, 6.07) is 0. The highest BCUT2D eigenvalue weighted by atomic mass is 16.5. The average molecular weight is 116 g/mol. The summed E-state index contributed by atoms with van der Waals surface area (Å²) in [5, 5.41) is 8.16. The quantitative estimate of drug-likeness (QED) is 0.425. The summed E-state index contributed by atoms with van der Waals surface area (Å²) < 4.78 is 4.42. The molecule has 1 N–H and O–H groups in total. The van der Waals surface area contributed by atoms with Gasteiger partial charge < -0.3 is 9.84 Å². The van der Waals surface area contributed by atoms with E-state index in [-0.39, 0.29) is 5.57 Å². The van der Waals surface area contributed by atoms with Crippen molar-refractivity contribution in [1.82, 2.24) is 0 Å². The predicted molar refractivity (Wildman–Crippen MR) is 28.4 cm³/mol. The fraction of sp³-hybridized carbons (Fsp3) is 0.400. The normalized spacial score (nSPS) is 11.0. The Hall–Kier alpha value is -0.990. The van der Waals surface area contributed by atoms with Gasteiger partial charge in [-0.1, -0.05) is 0 Å². The number of aliphatic carboxylic acids is 1. The number of methoxy groups -OCH3 is 1. The number of hydrogen-bond donors (Lipinski definition) is 1. The van der Waals surface area contributed by atoms with Gasteiger partial charge in [-0.3, -0.25) is 0 Å². The smallest absolute Gasteiger partial charge is 0.334 e. The first-order valence-corrected chi connectivity index (χ1v) is 2.11. The molecule has 0 aromatic heterocycles. The van der Waals surface area contributed by atoms with Gasteiger partial charge in [-0.2, -0.15) is 0 Å². The van der Waals surface area contributed by atoms with Crippen LogP contribution in [0.1, 0.15) is 6.92 Å². The third-order valence-electron chi connectivity index (χ3n) is 0.632. The Morgan fingerprint density at radius 2 is 2.25 bits per heavy atom. The number of ether oxygens (including phenoxy) is 1. The molecule has 0 aromatic carbocycles. The molecule has 8 heavy (non-hydrogen) atoms. The third-order valence-corrected chi connectivity index (χ3v) is 0.632. The molecular formula is C5H8O3. The number of carboxylic acid groups (broad SMARTS) is 1. The molecule has 0 radical (unpaired) electrons. The average Bonchev–Trinajstić information content (AvgIpc) is 1.67. The van der Waals surface area contributed by atoms with Gasteiger partial charge in [-0.05, 0) is 6.92 Å². The van der Waals surface area contributed by atoms with Crippen molar-refractivity contribution in [2.45, 2.75) is 6.92 Å². The maximum atomic E-state index is 9.94. The molecule has 0 aliphatic rings. The van der Waals surface area contributed by atoms with E-state index in [1.165, 1.54) is 20.3 Å². The Kier molecular flexibility index (Phi) is 2.69. The van der Waals surface area contributed by atoms with Crippen LogP contribution in [0.3, 0.4) is 0 Å². The lowest BCUT2D eigenvalue weighted by Gasteiger charge is -1.89. The summed E-state index contributed by atoms with van der Waals surface area (Å²) in [6.45, 7) is 1.46. The largest absolute Gasteiger partial charge is 0.504 e. The molecule has 0 bridgehead atoms. The van der Waals surface area contributed by atoms with Crippen molar-refractivity contribution in [1.29, 1.82) is 0 Å². The second kappa shape index (κ2) is 3.07. The van der Waals surface area contributed by atoms with Crippen molar-refractivity contribution < 1.29 is 14.6 Å². The van der Waals surface area contributed by atoms with Crippen LogP contribution in [0.5, 0.6) is 0 Å². The molecule has 0 rings (SSSR count). The van der Waals surface area contributed by atoms with Crippen molar-refractivity contribution in [2.24, 2.45) is 0 Å². The summed E-state index contributed by atoms with van der Waals surface area (Å²) in [4.78, 5) is 9.94. The highest BCUT2D eigenvalue weighted by Gasteiger charge is 1.96. The Balaban J connectivity index is 3.80. The predicted octanol–water partition coefficient (Wildman–Crippen LogP) is 0.621. The molecule has 0 aliphatic heterocycles. The van der Waals surface area contributed by atoms with Gasteiger partial charge in [0.25, 0.3) is 0 Å². The van der Waals surface area contributed by atoms with E-state index in [0.29, 0.717) is 0 Å². The first-order chi connectivity index (χ1) is 3.68. The molecule has 0 atom stereocenters. The van der Waals surface area contributed by atoms with Crippen LogP contribution in [0.4, 0.5) is 0 Å². The van der Waals surface area contributed by atoms with Crippen LogP contribution in [-0.2, 0) is 9.53 Å². The van der Waals surface area contributed by atoms with Crippen LogP contribution in [0.2, 0.25) is 0 Å². The first kappa shape index (κ1) is 7.01. The van der Waals surface area contributed by atoms with Gasteiger partial charge in [0.2, 0.25) is 0 Å². The summed E-state index contributed by atoms with van der Waals surface area (Å²) in [6.07, 6.45) is 1.18. The summed E-state index contributed by atoms with van der Waals surface area (Å²) in [5.74, 6) is -0.952. The van der Waals surface area contributed by atoms with Crippen LogP contribution in [-0.4, -0.2) is 18.2 Å². The van der Waals surface area contributed by atoms with Gasteiger partial charge in [0.15, 0.2) is 0 Å². The molecule has 3 heteroatoms. The fourth-order valence-corrected chi connectivity index (χ4v) is 0.227. The molecule has 0 unspecified atom stereocenters. The first-order valence-electron chi connectivity index (χ1n) is 2.11. The zero-order valence-electron chi connectivity index (χ0n) is 4.84. The summed E-state index contributed by atoms with van der Waals surface area (Å²) in [5.41, 5.74) is 0.201. The van der Waals surface area contributed by atoms with Crippen LogP contribution < -0.4 is 0 Å². The molecule has 0 spiro atoms. The zero-order chi connectivity index (χ0) is 6.57. The van der Waals surface area contributed by atoms with Gasteiger partial charge in [0.1, 0.15) is 0 Å². The Morgan fingerprint density at radius 3 is 2.38 bits per heavy atom. The van der Waals surface area contributed by atoms with Crippen molar-refractivity contribution in [3.63, 3.8) is 0 Å². The Labute approximate surface area is 47.6 Å². The second-order valence-electron chi connectivity index (χ2n) is 1.34. The van der Waals surface area contributed by atoms with E-state index < -0.39 is 5.97 Å². The lowest BCUT2D eigenvalue weighted by Crippen LogP contribution is -1.95. The topological polar surface area (TPSA) is 46.5 Å². The maximum Gasteiger partial charge on any atom is 0.334 e. The number of rotatable bonds is 2.